The standard InChI is InChI=1S/C16H16N2O3.C14H11ClN2O4.C11H9NO2.C8H17N3O3.C8H9NO3/c1-10-8-12(4-7-14(10)18)16(20)21-15(19)9-11-2-5-13(17)6-3-11;15-9-5-8(2-3-10(9)16)14(20)21-12-6-7(13(18)19)1-4-11(12)17;12-8-4-5-9-7(6-8)2-1-3-10(9)11(13)14;9-3-4-10-5-6-11-7(12)1-2-8(13)14;1-12-7-4-5(8(10)11)2-3-6(7)9/h2-8H,9,17-18H2,1H3;1-6H,16-17H2,(H,18,19);1-6H,12H2,(H,13,14);10H,1-6,9H2,(H,11,12)(H,13,14);2-4H,9H2,1H3,(H,10,11). The van der Waals surface area contributed by atoms with Crippen LogP contribution in [0.15, 0.2) is 133 Å². The Morgan fingerprint density at radius 2 is 1.11 bits per heavy atom. The second-order valence-corrected chi connectivity index (χ2v) is 17.5. The molecule has 0 saturated carbocycles. The number of aromatic carboxylic acids is 3. The predicted molar refractivity (Wildman–Crippen MR) is 311 cm³/mol. The first kappa shape index (κ1) is 65.9. The minimum Gasteiger partial charge on any atom is -0.495 e. The minimum absolute atomic E-state index is 0.0139. The van der Waals surface area contributed by atoms with Gasteiger partial charge in [-0.3, -0.25) is 14.4 Å². The molecule has 7 aromatic rings. The van der Waals surface area contributed by atoms with Crippen molar-refractivity contribution in [3.8, 4) is 11.5 Å². The number of anilines is 6. The summed E-state index contributed by atoms with van der Waals surface area (Å²) in [4.78, 5) is 88.9. The number of benzene rings is 7. The number of carboxylic acid groups (broad SMARTS) is 4. The summed E-state index contributed by atoms with van der Waals surface area (Å²) >= 11 is 5.82. The van der Waals surface area contributed by atoms with Crippen molar-refractivity contribution in [2.45, 2.75) is 26.2 Å². The summed E-state index contributed by atoms with van der Waals surface area (Å²) in [5, 5.41) is 42.1. The number of ether oxygens (including phenoxy) is 3. The highest BCUT2D eigenvalue weighted by molar-refractivity contribution is 6.33. The van der Waals surface area contributed by atoms with Crippen LogP contribution in [-0.2, 0) is 25.5 Å². The summed E-state index contributed by atoms with van der Waals surface area (Å²) in [5.41, 5.74) is 43.9. The first-order valence-corrected chi connectivity index (χ1v) is 24.6. The van der Waals surface area contributed by atoms with E-state index in [1.54, 1.807) is 73.7 Å². The molecule has 25 heteroatoms. The normalized spacial score (nSPS) is 10.0. The van der Waals surface area contributed by atoms with Crippen LogP contribution in [0, 0.1) is 6.92 Å². The zero-order chi connectivity index (χ0) is 61.1. The van der Waals surface area contributed by atoms with Crippen molar-refractivity contribution in [1.29, 1.82) is 0 Å². The Balaban J connectivity index is 0.000000274. The molecule has 0 aliphatic heterocycles. The van der Waals surface area contributed by atoms with E-state index in [9.17, 15) is 38.4 Å². The molecule has 0 saturated heterocycles. The van der Waals surface area contributed by atoms with Crippen molar-refractivity contribution >= 4 is 104 Å². The monoisotopic (exact) mass is 1150 g/mol. The molecule has 0 atom stereocenters. The number of nitrogen functional groups attached to an aromatic ring is 6. The highest BCUT2D eigenvalue weighted by Gasteiger charge is 2.17. The van der Waals surface area contributed by atoms with Gasteiger partial charge in [0.1, 0.15) is 5.75 Å². The average Bonchev–Trinajstić information content (AvgIpc) is 3.55. The lowest BCUT2D eigenvalue weighted by Crippen LogP contribution is -2.33. The number of carbonyl (C=O) groups is 8. The first-order valence-electron chi connectivity index (χ1n) is 24.3. The lowest BCUT2D eigenvalue weighted by molar-refractivity contribution is -0.139. The molecule has 0 fully saturated rings. The van der Waals surface area contributed by atoms with Crippen LogP contribution < -0.4 is 60.2 Å². The number of hydrogen-bond acceptors (Lipinski definition) is 19. The second-order valence-electron chi connectivity index (χ2n) is 17.1. The smallest absolute Gasteiger partial charge is 0.345 e. The van der Waals surface area contributed by atoms with E-state index in [-0.39, 0.29) is 58.3 Å². The molecule has 0 spiro atoms. The summed E-state index contributed by atoms with van der Waals surface area (Å²) in [5.74, 6) is -5.91. The molecule has 432 valence electrons. The number of hydrogen-bond donors (Lipinski definition) is 13. The van der Waals surface area contributed by atoms with Gasteiger partial charge in [-0.25, -0.2) is 24.0 Å². The van der Waals surface area contributed by atoms with Gasteiger partial charge in [0.05, 0.1) is 69.9 Å². The summed E-state index contributed by atoms with van der Waals surface area (Å²) in [6.07, 6.45) is -0.0751. The van der Waals surface area contributed by atoms with E-state index in [4.69, 9.17) is 86.4 Å². The Labute approximate surface area is 474 Å². The third-order valence-corrected chi connectivity index (χ3v) is 11.2. The van der Waals surface area contributed by atoms with Crippen LogP contribution in [0.4, 0.5) is 34.1 Å². The Hall–Kier alpha value is -10.4. The average molecular weight is 1150 g/mol. The van der Waals surface area contributed by atoms with Crippen LogP contribution in [-0.4, -0.2) is 101 Å². The van der Waals surface area contributed by atoms with Crippen molar-refractivity contribution in [3.63, 3.8) is 0 Å². The van der Waals surface area contributed by atoms with E-state index in [0.717, 1.165) is 16.5 Å². The number of nitrogens with one attached hydrogen (secondary N) is 2. The van der Waals surface area contributed by atoms with Gasteiger partial charge >= 0.3 is 41.8 Å². The van der Waals surface area contributed by atoms with Gasteiger partial charge in [-0.05, 0) is 132 Å². The number of amides is 1. The molecule has 1 amide bonds. The number of rotatable bonds is 17. The molecular formula is C57H62ClN9O15. The van der Waals surface area contributed by atoms with Crippen LogP contribution in [0.1, 0.15) is 75.8 Å². The third-order valence-electron chi connectivity index (χ3n) is 10.9. The number of aryl methyl sites for hydroxylation is 1. The second kappa shape index (κ2) is 33.1. The van der Waals surface area contributed by atoms with Gasteiger partial charge in [-0.15, -0.1) is 0 Å². The SMILES string of the molecule is COc1cc(C(=O)O)ccc1N.Cc1cc(C(=O)OC(=O)Cc2ccc(N)cc2)ccc1N.NCCNCCNC(=O)CCC(=O)O.Nc1ccc(C(=O)Oc2cc(C(=O)O)ccc2N)cc1Cl.Nc1ccc2c(C(=O)O)cccc2c1. The molecule has 0 aromatic heterocycles. The molecule has 0 heterocycles. The molecule has 7 aromatic carbocycles. The van der Waals surface area contributed by atoms with Gasteiger partial charge in [0.15, 0.2) is 5.75 Å². The fourth-order valence-corrected chi connectivity index (χ4v) is 6.71. The quantitative estimate of drug-likeness (QED) is 0.0160. The number of fused-ring (bicyclic) bond motifs is 1. The minimum atomic E-state index is -1.15. The third kappa shape index (κ3) is 22.5. The maximum absolute atomic E-state index is 12.0. The number of nitrogens with two attached hydrogens (primary N) is 7. The van der Waals surface area contributed by atoms with E-state index in [2.05, 4.69) is 10.6 Å². The number of carbonyl (C=O) groups excluding carboxylic acids is 4. The van der Waals surface area contributed by atoms with E-state index in [1.807, 2.05) is 6.07 Å². The van der Waals surface area contributed by atoms with Crippen molar-refractivity contribution in [2.75, 3.05) is 67.7 Å². The number of esters is 3. The molecule has 0 bridgehead atoms. The highest BCUT2D eigenvalue weighted by Crippen LogP contribution is 2.27. The van der Waals surface area contributed by atoms with Crippen LogP contribution in [0.2, 0.25) is 5.02 Å². The van der Waals surface area contributed by atoms with Gasteiger partial charge in [-0.2, -0.15) is 0 Å². The fraction of sp³-hybridized carbons (Fsp3) is 0.158. The Morgan fingerprint density at radius 3 is 1.67 bits per heavy atom. The Bertz CT molecular complexity index is 3400. The van der Waals surface area contributed by atoms with E-state index < -0.39 is 41.8 Å². The fourth-order valence-electron chi connectivity index (χ4n) is 6.53. The molecule has 0 aliphatic rings. The maximum Gasteiger partial charge on any atom is 0.345 e. The molecule has 0 unspecified atom stereocenters. The largest absolute Gasteiger partial charge is 0.495 e. The first-order chi connectivity index (χ1) is 38.8. The number of carboxylic acids is 4. The van der Waals surface area contributed by atoms with Crippen molar-refractivity contribution in [1.82, 2.24) is 10.6 Å². The van der Waals surface area contributed by atoms with E-state index in [1.165, 1.54) is 67.8 Å². The number of methoxy groups -OCH3 is 1. The lowest BCUT2D eigenvalue weighted by Gasteiger charge is -2.08. The maximum atomic E-state index is 12.0. The molecule has 24 nitrogen and oxygen atoms in total. The van der Waals surface area contributed by atoms with Gasteiger partial charge in [0, 0.05) is 49.7 Å². The lowest BCUT2D eigenvalue weighted by atomic mass is 10.0. The van der Waals surface area contributed by atoms with Crippen LogP contribution in [0.5, 0.6) is 11.5 Å². The zero-order valence-electron chi connectivity index (χ0n) is 44.4. The Kier molecular flexibility index (Phi) is 26.6. The molecule has 82 heavy (non-hydrogen) atoms. The predicted octanol–water partition coefficient (Wildman–Crippen LogP) is 6.12. The molecule has 7 rings (SSSR count). The number of halogens is 1. The van der Waals surface area contributed by atoms with Gasteiger partial charge in [-0.1, -0.05) is 41.9 Å². The molecular weight excluding hydrogens is 1090 g/mol. The van der Waals surface area contributed by atoms with Gasteiger partial charge in [0.2, 0.25) is 5.91 Å². The van der Waals surface area contributed by atoms with Crippen LogP contribution in [0.25, 0.3) is 10.8 Å². The molecule has 0 radical (unpaired) electrons. The summed E-state index contributed by atoms with van der Waals surface area (Å²) < 4.78 is 14.8. The van der Waals surface area contributed by atoms with Crippen LogP contribution >= 0.6 is 11.6 Å². The topological polar surface area (TPSA) is 451 Å². The van der Waals surface area contributed by atoms with Crippen molar-refractivity contribution < 1.29 is 73.0 Å². The number of aliphatic carboxylic acids is 1. The van der Waals surface area contributed by atoms with E-state index in [0.29, 0.717) is 76.9 Å². The summed E-state index contributed by atoms with van der Waals surface area (Å²) in [7, 11) is 1.44. The Morgan fingerprint density at radius 1 is 0.549 bits per heavy atom. The van der Waals surface area contributed by atoms with Crippen molar-refractivity contribution in [2.24, 2.45) is 5.73 Å². The zero-order valence-corrected chi connectivity index (χ0v) is 45.1. The molecule has 20 N–H and O–H groups in total. The van der Waals surface area contributed by atoms with Gasteiger partial charge < -0.3 is 85.4 Å². The van der Waals surface area contributed by atoms with E-state index >= 15 is 0 Å². The highest BCUT2D eigenvalue weighted by atomic mass is 35.5. The molecule has 0 aliphatic carbocycles. The van der Waals surface area contributed by atoms with Crippen molar-refractivity contribution in [3.05, 3.63) is 177 Å². The van der Waals surface area contributed by atoms with Gasteiger partial charge in [0.25, 0.3) is 0 Å². The van der Waals surface area contributed by atoms with Crippen LogP contribution in [0.3, 0.4) is 0 Å². The summed E-state index contributed by atoms with van der Waals surface area (Å²) in [6.45, 7) is 4.20. The summed E-state index contributed by atoms with van der Waals surface area (Å²) in [6, 6.07) is 34.3.